The van der Waals surface area contributed by atoms with Gasteiger partial charge in [0.05, 0.1) is 17.7 Å². The van der Waals surface area contributed by atoms with Crippen molar-refractivity contribution in [3.8, 4) is 0 Å². The standard InChI is InChI=1S/C19H24N4O4/c1-2-4-19(24)22-10-8-21(9-11-22)15-6-7-18(23(25)26)17(13-15)20-14-16-5-3-12-27-16/h3,5-7,12-13,20H,2,4,8-11,14H2,1H3. The lowest BCUT2D eigenvalue weighted by Crippen LogP contribution is -2.48. The van der Waals surface area contributed by atoms with Crippen LogP contribution in [0, 0.1) is 10.1 Å². The third-order valence-electron chi connectivity index (χ3n) is 4.67. The second-order valence-corrected chi connectivity index (χ2v) is 6.51. The fourth-order valence-corrected chi connectivity index (χ4v) is 3.20. The lowest BCUT2D eigenvalue weighted by atomic mass is 10.2. The van der Waals surface area contributed by atoms with E-state index in [0.29, 0.717) is 50.6 Å². The summed E-state index contributed by atoms with van der Waals surface area (Å²) in [4.78, 5) is 27.0. The molecule has 0 radical (unpaired) electrons. The van der Waals surface area contributed by atoms with E-state index in [4.69, 9.17) is 4.42 Å². The number of carbonyl (C=O) groups excluding carboxylic acids is 1. The van der Waals surface area contributed by atoms with Crippen LogP contribution in [0.4, 0.5) is 17.1 Å². The van der Waals surface area contributed by atoms with Gasteiger partial charge < -0.3 is 19.5 Å². The first-order chi connectivity index (χ1) is 13.1. The number of furan rings is 1. The number of amides is 1. The Bertz CT molecular complexity index is 783. The highest BCUT2D eigenvalue weighted by molar-refractivity contribution is 5.76. The lowest BCUT2D eigenvalue weighted by Gasteiger charge is -2.36. The molecular weight excluding hydrogens is 348 g/mol. The van der Waals surface area contributed by atoms with Crippen LogP contribution in [0.1, 0.15) is 25.5 Å². The molecule has 1 N–H and O–H groups in total. The Hall–Kier alpha value is -3.03. The number of nitro groups is 1. The van der Waals surface area contributed by atoms with Crippen LogP contribution in [0.2, 0.25) is 0 Å². The Morgan fingerprint density at radius 2 is 2.04 bits per heavy atom. The van der Waals surface area contributed by atoms with Crippen LogP contribution < -0.4 is 10.2 Å². The molecule has 2 aromatic rings. The van der Waals surface area contributed by atoms with Crippen LogP contribution in [0.15, 0.2) is 41.0 Å². The summed E-state index contributed by atoms with van der Waals surface area (Å²) in [5, 5.41) is 14.4. The summed E-state index contributed by atoms with van der Waals surface area (Å²) in [5.74, 6) is 0.902. The molecule has 0 bridgehead atoms. The van der Waals surface area contributed by atoms with Gasteiger partial charge in [-0.3, -0.25) is 14.9 Å². The van der Waals surface area contributed by atoms with E-state index in [0.717, 1.165) is 12.1 Å². The minimum absolute atomic E-state index is 0.0297. The molecule has 144 valence electrons. The fourth-order valence-electron chi connectivity index (χ4n) is 3.20. The molecule has 2 heterocycles. The van der Waals surface area contributed by atoms with Crippen molar-refractivity contribution >= 4 is 23.0 Å². The van der Waals surface area contributed by atoms with E-state index in [2.05, 4.69) is 10.2 Å². The molecule has 1 amide bonds. The Balaban J connectivity index is 1.70. The van der Waals surface area contributed by atoms with E-state index in [-0.39, 0.29) is 11.6 Å². The van der Waals surface area contributed by atoms with Crippen molar-refractivity contribution in [1.29, 1.82) is 0 Å². The second kappa shape index (κ2) is 8.57. The molecule has 1 aliphatic rings. The molecule has 0 atom stereocenters. The quantitative estimate of drug-likeness (QED) is 0.592. The number of benzene rings is 1. The van der Waals surface area contributed by atoms with E-state index in [1.165, 1.54) is 6.07 Å². The first kappa shape index (κ1) is 18.8. The number of nitrogens with zero attached hydrogens (tertiary/aromatic N) is 3. The van der Waals surface area contributed by atoms with Gasteiger partial charge in [-0.1, -0.05) is 6.92 Å². The zero-order chi connectivity index (χ0) is 19.2. The van der Waals surface area contributed by atoms with Crippen LogP contribution in [-0.4, -0.2) is 41.9 Å². The van der Waals surface area contributed by atoms with Gasteiger partial charge in [0.2, 0.25) is 5.91 Å². The summed E-state index contributed by atoms with van der Waals surface area (Å²) in [5.41, 5.74) is 1.39. The normalized spacial score (nSPS) is 14.3. The van der Waals surface area contributed by atoms with Crippen LogP contribution in [-0.2, 0) is 11.3 Å². The van der Waals surface area contributed by atoms with Gasteiger partial charge in [-0.05, 0) is 30.7 Å². The van der Waals surface area contributed by atoms with Crippen LogP contribution in [0.5, 0.6) is 0 Å². The zero-order valence-electron chi connectivity index (χ0n) is 15.4. The van der Waals surface area contributed by atoms with Gasteiger partial charge in [0, 0.05) is 44.4 Å². The lowest BCUT2D eigenvalue weighted by molar-refractivity contribution is -0.384. The summed E-state index contributed by atoms with van der Waals surface area (Å²) in [6.07, 6.45) is 3.01. The molecule has 27 heavy (non-hydrogen) atoms. The van der Waals surface area contributed by atoms with E-state index in [1.54, 1.807) is 24.5 Å². The number of anilines is 2. The maximum Gasteiger partial charge on any atom is 0.292 e. The third-order valence-corrected chi connectivity index (χ3v) is 4.67. The van der Waals surface area contributed by atoms with Crippen LogP contribution >= 0.6 is 0 Å². The predicted molar refractivity (Wildman–Crippen MR) is 103 cm³/mol. The van der Waals surface area contributed by atoms with Crippen molar-refractivity contribution in [1.82, 2.24) is 4.90 Å². The molecule has 8 nitrogen and oxygen atoms in total. The van der Waals surface area contributed by atoms with Crippen molar-refractivity contribution in [3.63, 3.8) is 0 Å². The molecule has 3 rings (SSSR count). The van der Waals surface area contributed by atoms with Crippen molar-refractivity contribution in [3.05, 3.63) is 52.5 Å². The predicted octanol–water partition coefficient (Wildman–Crippen LogP) is 3.25. The molecular formula is C19H24N4O4. The van der Waals surface area contributed by atoms with E-state index in [9.17, 15) is 14.9 Å². The van der Waals surface area contributed by atoms with Crippen molar-refractivity contribution in [2.45, 2.75) is 26.3 Å². The molecule has 0 saturated carbocycles. The SMILES string of the molecule is CCCC(=O)N1CCN(c2ccc([N+](=O)[O-])c(NCc3ccco3)c2)CC1. The topological polar surface area (TPSA) is 91.9 Å². The summed E-state index contributed by atoms with van der Waals surface area (Å²) in [6, 6.07) is 8.68. The Morgan fingerprint density at radius 3 is 2.67 bits per heavy atom. The van der Waals surface area contributed by atoms with E-state index < -0.39 is 4.92 Å². The first-order valence-corrected chi connectivity index (χ1v) is 9.16. The third kappa shape index (κ3) is 4.58. The highest BCUT2D eigenvalue weighted by atomic mass is 16.6. The molecule has 1 fully saturated rings. The van der Waals surface area contributed by atoms with Crippen molar-refractivity contribution in [2.75, 3.05) is 36.4 Å². The maximum absolute atomic E-state index is 12.0. The largest absolute Gasteiger partial charge is 0.467 e. The molecule has 1 saturated heterocycles. The Morgan fingerprint density at radius 1 is 1.26 bits per heavy atom. The summed E-state index contributed by atoms with van der Waals surface area (Å²) >= 11 is 0. The van der Waals surface area contributed by atoms with Gasteiger partial charge in [0.25, 0.3) is 5.69 Å². The van der Waals surface area contributed by atoms with Crippen molar-refractivity contribution < 1.29 is 14.1 Å². The van der Waals surface area contributed by atoms with Gasteiger partial charge in [0.1, 0.15) is 11.4 Å². The minimum atomic E-state index is -0.393. The van der Waals surface area contributed by atoms with Gasteiger partial charge in [-0.2, -0.15) is 0 Å². The molecule has 0 aliphatic carbocycles. The molecule has 0 unspecified atom stereocenters. The Kier molecular flexibility index (Phi) is 5.95. The molecule has 1 aromatic heterocycles. The number of nitro benzene ring substituents is 1. The van der Waals surface area contributed by atoms with Crippen LogP contribution in [0.3, 0.4) is 0 Å². The summed E-state index contributed by atoms with van der Waals surface area (Å²) in [6.45, 7) is 5.14. The highest BCUT2D eigenvalue weighted by Crippen LogP contribution is 2.30. The molecule has 0 spiro atoms. The number of rotatable bonds is 7. The van der Waals surface area contributed by atoms with Gasteiger partial charge in [-0.15, -0.1) is 0 Å². The highest BCUT2D eigenvalue weighted by Gasteiger charge is 2.22. The van der Waals surface area contributed by atoms with Crippen molar-refractivity contribution in [2.24, 2.45) is 0 Å². The minimum Gasteiger partial charge on any atom is -0.467 e. The number of carbonyl (C=O) groups is 1. The van der Waals surface area contributed by atoms with Gasteiger partial charge >= 0.3 is 0 Å². The zero-order valence-corrected chi connectivity index (χ0v) is 15.4. The van der Waals surface area contributed by atoms with Crippen LogP contribution in [0.25, 0.3) is 0 Å². The molecule has 1 aliphatic heterocycles. The van der Waals surface area contributed by atoms with E-state index in [1.807, 2.05) is 17.9 Å². The summed E-state index contributed by atoms with van der Waals surface area (Å²) in [7, 11) is 0. The number of hydrogen-bond donors (Lipinski definition) is 1. The fraction of sp³-hybridized carbons (Fsp3) is 0.421. The number of hydrogen-bond acceptors (Lipinski definition) is 6. The smallest absolute Gasteiger partial charge is 0.292 e. The Labute approximate surface area is 157 Å². The van der Waals surface area contributed by atoms with Gasteiger partial charge in [0.15, 0.2) is 0 Å². The number of piperazine rings is 1. The second-order valence-electron chi connectivity index (χ2n) is 6.51. The van der Waals surface area contributed by atoms with Gasteiger partial charge in [-0.25, -0.2) is 0 Å². The monoisotopic (exact) mass is 372 g/mol. The average Bonchev–Trinajstić information content (AvgIpc) is 3.20. The maximum atomic E-state index is 12.0. The number of nitrogens with one attached hydrogen (secondary N) is 1. The average molecular weight is 372 g/mol. The molecule has 1 aromatic carbocycles. The van der Waals surface area contributed by atoms with E-state index >= 15 is 0 Å². The summed E-state index contributed by atoms with van der Waals surface area (Å²) < 4.78 is 5.28. The first-order valence-electron chi connectivity index (χ1n) is 9.16. The molecule has 8 heteroatoms.